The summed E-state index contributed by atoms with van der Waals surface area (Å²) in [6, 6.07) is 5.52. The highest BCUT2D eigenvalue weighted by molar-refractivity contribution is 7.89. The van der Waals surface area contributed by atoms with Crippen molar-refractivity contribution in [2.75, 3.05) is 19.6 Å². The molecule has 0 aliphatic carbocycles. The Bertz CT molecular complexity index is 569. The standard InChI is InChI=1S/C15H24N2O2S/c1-3-13-5-6-15(9-14(13)4-2)20(18,19)17-8-7-12(10-16)11-17/h5-6,9,12H,3-4,7-8,10-11,16H2,1-2H3. The van der Waals surface area contributed by atoms with E-state index in [1.54, 1.807) is 10.4 Å². The third-order valence-corrected chi connectivity index (χ3v) is 6.02. The minimum Gasteiger partial charge on any atom is -0.330 e. The SMILES string of the molecule is CCc1ccc(S(=O)(=O)N2CCC(CN)C2)cc1CC. The molecule has 1 saturated heterocycles. The van der Waals surface area contributed by atoms with Crippen molar-refractivity contribution in [2.24, 2.45) is 11.7 Å². The van der Waals surface area contributed by atoms with Crippen LogP contribution >= 0.6 is 0 Å². The predicted octanol–water partition coefficient (Wildman–Crippen LogP) is 1.78. The number of nitrogens with zero attached hydrogens (tertiary/aromatic N) is 1. The van der Waals surface area contributed by atoms with Crippen LogP contribution in [-0.4, -0.2) is 32.4 Å². The van der Waals surface area contributed by atoms with Crippen LogP contribution in [0.5, 0.6) is 0 Å². The number of nitrogens with two attached hydrogens (primary N) is 1. The molecule has 0 aromatic heterocycles. The summed E-state index contributed by atoms with van der Waals surface area (Å²) in [6.45, 7) is 5.85. The van der Waals surface area contributed by atoms with Crippen LogP contribution in [-0.2, 0) is 22.9 Å². The molecule has 1 unspecified atom stereocenters. The normalized spacial score (nSPS) is 20.4. The maximum absolute atomic E-state index is 12.6. The van der Waals surface area contributed by atoms with Crippen LogP contribution in [0.2, 0.25) is 0 Å². The fourth-order valence-corrected chi connectivity index (χ4v) is 4.38. The van der Waals surface area contributed by atoms with Gasteiger partial charge in [0.05, 0.1) is 4.90 Å². The highest BCUT2D eigenvalue weighted by atomic mass is 32.2. The lowest BCUT2D eigenvalue weighted by atomic mass is 10.0. The summed E-state index contributed by atoms with van der Waals surface area (Å²) >= 11 is 0. The Labute approximate surface area is 122 Å². The van der Waals surface area contributed by atoms with Crippen molar-refractivity contribution in [3.05, 3.63) is 29.3 Å². The summed E-state index contributed by atoms with van der Waals surface area (Å²) < 4.78 is 26.9. The van der Waals surface area contributed by atoms with Crippen LogP contribution in [0.15, 0.2) is 23.1 Å². The topological polar surface area (TPSA) is 63.4 Å². The molecule has 2 rings (SSSR count). The van der Waals surface area contributed by atoms with Crippen molar-refractivity contribution >= 4 is 10.0 Å². The first kappa shape index (κ1) is 15.5. The van der Waals surface area contributed by atoms with Crippen molar-refractivity contribution in [3.8, 4) is 0 Å². The number of hydrogen-bond donors (Lipinski definition) is 1. The molecule has 2 N–H and O–H groups in total. The van der Waals surface area contributed by atoms with Gasteiger partial charge >= 0.3 is 0 Å². The van der Waals surface area contributed by atoms with Crippen LogP contribution in [0.4, 0.5) is 0 Å². The molecule has 20 heavy (non-hydrogen) atoms. The van der Waals surface area contributed by atoms with E-state index in [0.717, 1.165) is 24.8 Å². The first-order valence-corrected chi connectivity index (χ1v) is 8.78. The summed E-state index contributed by atoms with van der Waals surface area (Å²) in [5.41, 5.74) is 8.00. The molecular weight excluding hydrogens is 272 g/mol. The molecule has 5 heteroatoms. The molecule has 1 aromatic rings. The molecule has 0 saturated carbocycles. The highest BCUT2D eigenvalue weighted by Crippen LogP contribution is 2.25. The van der Waals surface area contributed by atoms with E-state index < -0.39 is 10.0 Å². The van der Waals surface area contributed by atoms with Gasteiger partial charge in [-0.15, -0.1) is 0 Å². The van der Waals surface area contributed by atoms with E-state index in [1.807, 2.05) is 12.1 Å². The van der Waals surface area contributed by atoms with Crippen LogP contribution in [0.25, 0.3) is 0 Å². The Morgan fingerprint density at radius 1 is 1.25 bits per heavy atom. The second-order valence-corrected chi connectivity index (χ2v) is 7.33. The molecule has 1 aliphatic heterocycles. The minimum atomic E-state index is -3.36. The van der Waals surface area contributed by atoms with E-state index in [-0.39, 0.29) is 0 Å². The Kier molecular flexibility index (Phi) is 4.83. The van der Waals surface area contributed by atoms with E-state index in [2.05, 4.69) is 13.8 Å². The smallest absolute Gasteiger partial charge is 0.243 e. The second-order valence-electron chi connectivity index (χ2n) is 5.39. The van der Waals surface area contributed by atoms with Gasteiger partial charge in [-0.1, -0.05) is 19.9 Å². The molecule has 1 fully saturated rings. The fourth-order valence-electron chi connectivity index (χ4n) is 2.79. The van der Waals surface area contributed by atoms with E-state index in [1.165, 1.54) is 5.56 Å². The van der Waals surface area contributed by atoms with Gasteiger partial charge in [0, 0.05) is 13.1 Å². The number of rotatable bonds is 5. The van der Waals surface area contributed by atoms with Gasteiger partial charge < -0.3 is 5.73 Å². The first-order valence-electron chi connectivity index (χ1n) is 7.34. The lowest BCUT2D eigenvalue weighted by Gasteiger charge is -2.17. The molecule has 1 aromatic carbocycles. The maximum atomic E-state index is 12.6. The van der Waals surface area contributed by atoms with E-state index >= 15 is 0 Å². The van der Waals surface area contributed by atoms with Gasteiger partial charge in [-0.25, -0.2) is 8.42 Å². The Morgan fingerprint density at radius 2 is 1.95 bits per heavy atom. The van der Waals surface area contributed by atoms with Gasteiger partial charge in [-0.05, 0) is 55.0 Å². The van der Waals surface area contributed by atoms with E-state index in [4.69, 9.17) is 5.73 Å². The number of hydrogen-bond acceptors (Lipinski definition) is 3. The third kappa shape index (κ3) is 2.90. The van der Waals surface area contributed by atoms with Crippen molar-refractivity contribution in [2.45, 2.75) is 38.0 Å². The van der Waals surface area contributed by atoms with Gasteiger partial charge in [0.2, 0.25) is 10.0 Å². The molecule has 0 amide bonds. The zero-order chi connectivity index (χ0) is 14.8. The minimum absolute atomic E-state index is 0.297. The molecule has 4 nitrogen and oxygen atoms in total. The van der Waals surface area contributed by atoms with E-state index in [9.17, 15) is 8.42 Å². The number of sulfonamides is 1. The summed E-state index contributed by atoms with van der Waals surface area (Å²) in [5.74, 6) is 0.297. The monoisotopic (exact) mass is 296 g/mol. The molecule has 0 bridgehead atoms. The molecular formula is C15H24N2O2S. The summed E-state index contributed by atoms with van der Waals surface area (Å²) in [6.07, 6.45) is 2.66. The fraction of sp³-hybridized carbons (Fsp3) is 0.600. The highest BCUT2D eigenvalue weighted by Gasteiger charge is 2.32. The van der Waals surface area contributed by atoms with E-state index in [0.29, 0.717) is 30.4 Å². The molecule has 1 atom stereocenters. The quantitative estimate of drug-likeness (QED) is 0.901. The van der Waals surface area contributed by atoms with Crippen molar-refractivity contribution in [1.82, 2.24) is 4.31 Å². The zero-order valence-corrected chi connectivity index (χ0v) is 13.1. The molecule has 0 radical (unpaired) electrons. The average molecular weight is 296 g/mol. The van der Waals surface area contributed by atoms with Crippen molar-refractivity contribution in [3.63, 3.8) is 0 Å². The van der Waals surface area contributed by atoms with Crippen LogP contribution in [0.1, 0.15) is 31.4 Å². The van der Waals surface area contributed by atoms with Crippen molar-refractivity contribution < 1.29 is 8.42 Å². The van der Waals surface area contributed by atoms with Gasteiger partial charge in [0.1, 0.15) is 0 Å². The van der Waals surface area contributed by atoms with Crippen LogP contribution in [0.3, 0.4) is 0 Å². The summed E-state index contributed by atoms with van der Waals surface area (Å²) in [4.78, 5) is 0.421. The average Bonchev–Trinajstić information content (AvgIpc) is 2.96. The van der Waals surface area contributed by atoms with Crippen molar-refractivity contribution in [1.29, 1.82) is 0 Å². The number of aryl methyl sites for hydroxylation is 2. The second kappa shape index (κ2) is 6.24. The van der Waals surface area contributed by atoms with Gasteiger partial charge in [-0.3, -0.25) is 0 Å². The molecule has 112 valence electrons. The predicted molar refractivity (Wildman–Crippen MR) is 81.1 cm³/mol. The third-order valence-electron chi connectivity index (χ3n) is 4.16. The summed E-state index contributed by atoms with van der Waals surface area (Å²) in [5, 5.41) is 0. The lowest BCUT2D eigenvalue weighted by Crippen LogP contribution is -2.30. The van der Waals surface area contributed by atoms with Gasteiger partial charge in [-0.2, -0.15) is 4.31 Å². The van der Waals surface area contributed by atoms with Gasteiger partial charge in [0.25, 0.3) is 0 Å². The Hall–Kier alpha value is -0.910. The Morgan fingerprint density at radius 3 is 2.50 bits per heavy atom. The molecule has 1 heterocycles. The largest absolute Gasteiger partial charge is 0.330 e. The lowest BCUT2D eigenvalue weighted by molar-refractivity contribution is 0.459. The molecule has 1 aliphatic rings. The first-order chi connectivity index (χ1) is 9.52. The van der Waals surface area contributed by atoms with Gasteiger partial charge in [0.15, 0.2) is 0 Å². The molecule has 0 spiro atoms. The zero-order valence-electron chi connectivity index (χ0n) is 12.3. The van der Waals surface area contributed by atoms with Crippen LogP contribution in [0, 0.1) is 5.92 Å². The maximum Gasteiger partial charge on any atom is 0.243 e. The number of benzene rings is 1. The van der Waals surface area contributed by atoms with Crippen LogP contribution < -0.4 is 5.73 Å². The Balaban J connectivity index is 2.30. The summed E-state index contributed by atoms with van der Waals surface area (Å²) in [7, 11) is -3.36.